The summed E-state index contributed by atoms with van der Waals surface area (Å²) in [4.78, 5) is 23.8. The molecule has 2 amide bonds. The number of fused-ring (bicyclic) bond motifs is 2. The first-order chi connectivity index (χ1) is 14.5. The van der Waals surface area contributed by atoms with Gasteiger partial charge in [0, 0.05) is 18.5 Å². The number of carbonyl (C=O) groups excluding carboxylic acids is 2. The Morgan fingerprint density at radius 1 is 1.10 bits per heavy atom. The van der Waals surface area contributed by atoms with Gasteiger partial charge in [0.05, 0.1) is 23.5 Å². The van der Waals surface area contributed by atoms with E-state index in [4.69, 9.17) is 4.74 Å². The summed E-state index contributed by atoms with van der Waals surface area (Å²) in [7, 11) is 0. The molecule has 1 aromatic rings. The minimum Gasteiger partial charge on any atom is -0.449 e. The van der Waals surface area contributed by atoms with E-state index in [-0.39, 0.29) is 23.1 Å². The standard InChI is InChI=1S/C23H39N5O3/c1-22(2,3)25-20(29)8-7-13-24-21(30)31-14-17-15-9-11-18-19(12-10-16(15)17)28(27-26-18)23(4,5)6/h15-17H,7-14H2,1-6H3,(H,24,30)(H,25,29)/t15-,16+,17?/m1/s1. The normalized spacial score (nSPS) is 23.1. The lowest BCUT2D eigenvalue weighted by Gasteiger charge is -2.22. The Morgan fingerprint density at radius 2 is 1.77 bits per heavy atom. The first-order valence-corrected chi connectivity index (χ1v) is 11.6. The smallest absolute Gasteiger partial charge is 0.407 e. The highest BCUT2D eigenvalue weighted by Gasteiger charge is 2.50. The van der Waals surface area contributed by atoms with Crippen LogP contribution in [0.25, 0.3) is 0 Å². The van der Waals surface area contributed by atoms with Gasteiger partial charge in [-0.2, -0.15) is 0 Å². The van der Waals surface area contributed by atoms with Crippen molar-refractivity contribution in [3.8, 4) is 0 Å². The fraction of sp³-hybridized carbons (Fsp3) is 0.826. The lowest BCUT2D eigenvalue weighted by atomic mass is 10.00. The Bertz CT molecular complexity index is 790. The Balaban J connectivity index is 1.36. The van der Waals surface area contributed by atoms with Crippen LogP contribution in [0.4, 0.5) is 4.79 Å². The van der Waals surface area contributed by atoms with Gasteiger partial charge < -0.3 is 15.4 Å². The van der Waals surface area contributed by atoms with Crippen molar-refractivity contribution in [1.29, 1.82) is 0 Å². The molecule has 2 aliphatic carbocycles. The number of alkyl carbamates (subject to hydrolysis) is 1. The molecule has 0 aromatic carbocycles. The first-order valence-electron chi connectivity index (χ1n) is 11.6. The molecule has 3 atom stereocenters. The van der Waals surface area contributed by atoms with E-state index in [1.54, 1.807) is 0 Å². The number of hydrogen-bond acceptors (Lipinski definition) is 5. The predicted molar refractivity (Wildman–Crippen MR) is 119 cm³/mol. The number of hydrogen-bond donors (Lipinski definition) is 2. The molecule has 174 valence electrons. The maximum atomic E-state index is 12.0. The summed E-state index contributed by atoms with van der Waals surface area (Å²) in [5, 5.41) is 14.5. The molecule has 0 saturated heterocycles. The third kappa shape index (κ3) is 6.43. The Morgan fingerprint density at radius 3 is 2.42 bits per heavy atom. The van der Waals surface area contributed by atoms with Gasteiger partial charge in [-0.25, -0.2) is 9.48 Å². The number of amides is 2. The maximum absolute atomic E-state index is 12.0. The van der Waals surface area contributed by atoms with E-state index in [0.717, 1.165) is 31.4 Å². The minimum absolute atomic E-state index is 0.00178. The molecule has 8 nitrogen and oxygen atoms in total. The molecule has 31 heavy (non-hydrogen) atoms. The van der Waals surface area contributed by atoms with E-state index in [1.807, 2.05) is 20.8 Å². The number of ether oxygens (including phenoxy) is 1. The average molecular weight is 434 g/mol. The van der Waals surface area contributed by atoms with E-state index >= 15 is 0 Å². The Hall–Kier alpha value is -2.12. The Kier molecular flexibility index (Phi) is 6.96. The Labute approximate surface area is 185 Å². The van der Waals surface area contributed by atoms with Gasteiger partial charge >= 0.3 is 6.09 Å². The lowest BCUT2D eigenvalue weighted by Crippen LogP contribution is -2.40. The molecule has 1 aromatic heterocycles. The second kappa shape index (κ2) is 9.17. The number of nitrogens with zero attached hydrogens (tertiary/aromatic N) is 3. The number of aromatic nitrogens is 3. The first kappa shape index (κ1) is 23.5. The summed E-state index contributed by atoms with van der Waals surface area (Å²) in [5.74, 6) is 1.68. The van der Waals surface area contributed by atoms with E-state index < -0.39 is 0 Å². The van der Waals surface area contributed by atoms with Crippen LogP contribution in [0, 0.1) is 17.8 Å². The molecule has 8 heteroatoms. The molecular weight excluding hydrogens is 394 g/mol. The van der Waals surface area contributed by atoms with Gasteiger partial charge in [-0.05, 0) is 91.4 Å². The summed E-state index contributed by atoms with van der Waals surface area (Å²) in [6.45, 7) is 13.3. The van der Waals surface area contributed by atoms with Crippen molar-refractivity contribution in [2.75, 3.05) is 13.2 Å². The van der Waals surface area contributed by atoms with Gasteiger partial charge in [0.25, 0.3) is 0 Å². The molecule has 2 aliphatic rings. The fourth-order valence-electron chi connectivity index (χ4n) is 4.69. The second-order valence-electron chi connectivity index (χ2n) is 11.1. The zero-order valence-corrected chi connectivity index (χ0v) is 20.0. The molecule has 1 fully saturated rings. The molecular formula is C23H39N5O3. The summed E-state index contributed by atoms with van der Waals surface area (Å²) in [5.41, 5.74) is 2.11. The van der Waals surface area contributed by atoms with Crippen LogP contribution in [0.5, 0.6) is 0 Å². The van der Waals surface area contributed by atoms with Crippen molar-refractivity contribution in [1.82, 2.24) is 25.6 Å². The lowest BCUT2D eigenvalue weighted by molar-refractivity contribution is -0.122. The van der Waals surface area contributed by atoms with Crippen LogP contribution >= 0.6 is 0 Å². The molecule has 0 spiro atoms. The summed E-state index contributed by atoms with van der Waals surface area (Å²) >= 11 is 0. The van der Waals surface area contributed by atoms with Crippen molar-refractivity contribution in [2.45, 2.75) is 91.1 Å². The number of nitrogens with one attached hydrogen (secondary N) is 2. The van der Waals surface area contributed by atoms with Crippen LogP contribution in [-0.2, 0) is 27.9 Å². The van der Waals surface area contributed by atoms with Crippen molar-refractivity contribution >= 4 is 12.0 Å². The van der Waals surface area contributed by atoms with E-state index in [9.17, 15) is 9.59 Å². The predicted octanol–water partition coefficient (Wildman–Crippen LogP) is 3.20. The fourth-order valence-corrected chi connectivity index (χ4v) is 4.69. The summed E-state index contributed by atoms with van der Waals surface area (Å²) in [6.07, 6.45) is 4.72. The van der Waals surface area contributed by atoms with Crippen LogP contribution in [0.3, 0.4) is 0 Å². The molecule has 2 N–H and O–H groups in total. The van der Waals surface area contributed by atoms with Crippen LogP contribution in [0.15, 0.2) is 0 Å². The summed E-state index contributed by atoms with van der Waals surface area (Å²) in [6, 6.07) is 0. The topological polar surface area (TPSA) is 98.1 Å². The van der Waals surface area contributed by atoms with E-state index in [0.29, 0.717) is 43.7 Å². The minimum atomic E-state index is -0.385. The molecule has 0 bridgehead atoms. The van der Waals surface area contributed by atoms with Gasteiger partial charge in [0.15, 0.2) is 0 Å². The molecule has 1 heterocycles. The SMILES string of the molecule is CC(C)(C)NC(=O)CCCNC(=O)OCC1[C@H]2CCc3c(nnn3C(C)(C)C)CC[C@@H]12. The van der Waals surface area contributed by atoms with Gasteiger partial charge in [-0.1, -0.05) is 5.21 Å². The van der Waals surface area contributed by atoms with E-state index in [1.165, 1.54) is 5.69 Å². The van der Waals surface area contributed by atoms with Gasteiger partial charge in [0.1, 0.15) is 0 Å². The molecule has 3 rings (SSSR count). The van der Waals surface area contributed by atoms with Crippen LogP contribution < -0.4 is 10.6 Å². The van der Waals surface area contributed by atoms with Crippen molar-refractivity contribution in [3.63, 3.8) is 0 Å². The second-order valence-corrected chi connectivity index (χ2v) is 11.1. The quantitative estimate of drug-likeness (QED) is 0.672. The van der Waals surface area contributed by atoms with Gasteiger partial charge in [-0.3, -0.25) is 4.79 Å². The van der Waals surface area contributed by atoms with Crippen LogP contribution in [-0.4, -0.2) is 45.7 Å². The van der Waals surface area contributed by atoms with E-state index in [2.05, 4.69) is 46.4 Å². The molecule has 0 radical (unpaired) electrons. The zero-order chi connectivity index (χ0) is 22.8. The van der Waals surface area contributed by atoms with Crippen molar-refractivity contribution < 1.29 is 14.3 Å². The third-order valence-corrected chi connectivity index (χ3v) is 6.19. The number of carbonyl (C=O) groups is 2. The van der Waals surface area contributed by atoms with Gasteiger partial charge in [0.2, 0.25) is 5.91 Å². The van der Waals surface area contributed by atoms with Crippen molar-refractivity contribution in [3.05, 3.63) is 11.4 Å². The molecule has 1 unspecified atom stereocenters. The van der Waals surface area contributed by atoms with Gasteiger partial charge in [-0.15, -0.1) is 5.10 Å². The number of rotatable bonds is 6. The summed E-state index contributed by atoms with van der Waals surface area (Å²) < 4.78 is 7.56. The van der Waals surface area contributed by atoms with Crippen LogP contribution in [0.1, 0.15) is 78.6 Å². The van der Waals surface area contributed by atoms with Crippen LogP contribution in [0.2, 0.25) is 0 Å². The highest BCUT2D eigenvalue weighted by molar-refractivity contribution is 5.76. The highest BCUT2D eigenvalue weighted by atomic mass is 16.5. The molecule has 0 aliphatic heterocycles. The largest absolute Gasteiger partial charge is 0.449 e. The average Bonchev–Trinajstić information content (AvgIpc) is 3.10. The number of aryl methyl sites for hydroxylation is 1. The highest BCUT2D eigenvalue weighted by Crippen LogP contribution is 2.53. The maximum Gasteiger partial charge on any atom is 0.407 e. The molecule has 1 saturated carbocycles. The zero-order valence-electron chi connectivity index (χ0n) is 20.0. The van der Waals surface area contributed by atoms with Crippen molar-refractivity contribution in [2.24, 2.45) is 17.8 Å². The third-order valence-electron chi connectivity index (χ3n) is 6.19. The monoisotopic (exact) mass is 433 g/mol.